The normalized spacial score (nSPS) is 14.7. The SMILES string of the molecule is n1c2nc3[nH]c1c1c2c31. The Morgan fingerprint density at radius 1 is 0.889 bits per heavy atom. The van der Waals surface area contributed by atoms with E-state index in [2.05, 4.69) is 15.0 Å². The molecule has 3 heterocycles. The van der Waals surface area contributed by atoms with E-state index in [4.69, 9.17) is 0 Å². The zero-order valence-electron chi connectivity index (χ0n) is 4.39. The van der Waals surface area contributed by atoms with Gasteiger partial charge < -0.3 is 4.98 Å². The summed E-state index contributed by atoms with van der Waals surface area (Å²) >= 11 is 0. The van der Waals surface area contributed by atoms with Gasteiger partial charge >= 0.3 is 0 Å². The fourth-order valence-corrected chi connectivity index (χ4v) is 1.64. The predicted molar refractivity (Wildman–Crippen MR) is 33.6 cm³/mol. The van der Waals surface area contributed by atoms with Gasteiger partial charge in [0, 0.05) is 16.2 Å². The monoisotopic (exact) mass is 115 g/mol. The molecule has 0 spiro atoms. The number of nitrogens with one attached hydrogen (secondary N) is 1. The Hall–Kier alpha value is -1.38. The van der Waals surface area contributed by atoms with Gasteiger partial charge in [-0.05, 0) is 0 Å². The molecule has 3 heteroatoms. The zero-order valence-corrected chi connectivity index (χ0v) is 4.39. The summed E-state index contributed by atoms with van der Waals surface area (Å²) in [5.41, 5.74) is 3.03. The molecule has 1 N–H and O–H groups in total. The summed E-state index contributed by atoms with van der Waals surface area (Å²) in [7, 11) is 0. The molecular formula is C6HN3. The summed E-state index contributed by atoms with van der Waals surface area (Å²) in [4.78, 5) is 11.5. The lowest BCUT2D eigenvalue weighted by atomic mass is 10.6. The second-order valence-electron chi connectivity index (χ2n) is 2.49. The van der Waals surface area contributed by atoms with E-state index in [1.54, 1.807) is 0 Å². The van der Waals surface area contributed by atoms with Crippen LogP contribution in [-0.4, -0.2) is 15.0 Å². The van der Waals surface area contributed by atoms with Gasteiger partial charge in [0.1, 0.15) is 11.3 Å². The third-order valence-corrected chi connectivity index (χ3v) is 2.06. The second kappa shape index (κ2) is 0.543. The molecule has 0 bridgehead atoms. The third kappa shape index (κ3) is 0.133. The Balaban J connectivity index is 2.99. The minimum Gasteiger partial charge on any atom is -0.324 e. The van der Waals surface area contributed by atoms with Crippen LogP contribution in [0.3, 0.4) is 0 Å². The first-order chi connectivity index (χ1) is 4.45. The van der Waals surface area contributed by atoms with E-state index in [-0.39, 0.29) is 0 Å². The average molecular weight is 115 g/mol. The number of hydrogen-bond acceptors (Lipinski definition) is 2. The van der Waals surface area contributed by atoms with Crippen LogP contribution in [0.2, 0.25) is 0 Å². The van der Waals surface area contributed by atoms with Gasteiger partial charge in [-0.1, -0.05) is 0 Å². The summed E-state index contributed by atoms with van der Waals surface area (Å²) in [6.07, 6.45) is 0. The maximum Gasteiger partial charge on any atom is 0.165 e. The largest absolute Gasteiger partial charge is 0.324 e. The summed E-state index contributed by atoms with van der Waals surface area (Å²) < 4.78 is 0. The summed E-state index contributed by atoms with van der Waals surface area (Å²) in [6, 6.07) is 0. The minimum absolute atomic E-state index is 0.948. The van der Waals surface area contributed by atoms with Crippen molar-refractivity contribution >= 4 is 33.1 Å². The lowest BCUT2D eigenvalue weighted by molar-refractivity contribution is 1.29. The molecule has 3 aromatic heterocycles. The van der Waals surface area contributed by atoms with Crippen molar-refractivity contribution in [3.63, 3.8) is 0 Å². The molecule has 0 saturated carbocycles. The number of nitrogens with zero attached hydrogens (tertiary/aromatic N) is 2. The van der Waals surface area contributed by atoms with Crippen LogP contribution in [0.15, 0.2) is 0 Å². The number of rotatable bonds is 0. The van der Waals surface area contributed by atoms with Crippen molar-refractivity contribution in [3.8, 4) is 0 Å². The standard InChI is InChI=1S/C6HN3/c7-4-1-2-3(1)6(8-4)9-5(2)7/h(H,7,8,9). The molecule has 40 valence electrons. The first-order valence-electron chi connectivity index (χ1n) is 2.89. The molecule has 4 rings (SSSR count). The Bertz CT molecular complexity index is 417. The quantitative estimate of drug-likeness (QED) is 0.371. The van der Waals surface area contributed by atoms with Crippen LogP contribution >= 0.6 is 0 Å². The van der Waals surface area contributed by atoms with E-state index in [9.17, 15) is 0 Å². The molecule has 0 unspecified atom stereocenters. The van der Waals surface area contributed by atoms with Crippen LogP contribution in [0.25, 0.3) is 33.1 Å². The maximum atomic E-state index is 4.19. The van der Waals surface area contributed by atoms with Crippen molar-refractivity contribution < 1.29 is 0 Å². The Morgan fingerprint density at radius 2 is 1.56 bits per heavy atom. The number of H-pyrrole nitrogens is 1. The molecule has 0 radical (unpaired) electrons. The molecule has 0 aliphatic heterocycles. The van der Waals surface area contributed by atoms with Crippen molar-refractivity contribution in [2.75, 3.05) is 0 Å². The fourth-order valence-electron chi connectivity index (χ4n) is 1.64. The lowest BCUT2D eigenvalue weighted by Crippen LogP contribution is -1.75. The molecule has 0 fully saturated rings. The predicted octanol–water partition coefficient (Wildman–Crippen LogP) is 1.02. The van der Waals surface area contributed by atoms with Crippen LogP contribution in [0.5, 0.6) is 0 Å². The average Bonchev–Trinajstić information content (AvgIpc) is 2.39. The highest BCUT2D eigenvalue weighted by atomic mass is 15.1. The summed E-state index contributed by atoms with van der Waals surface area (Å²) in [5, 5.41) is 4.00. The Kier molecular flexibility index (Phi) is 0.179. The van der Waals surface area contributed by atoms with E-state index in [0.717, 1.165) is 16.9 Å². The first-order valence-corrected chi connectivity index (χ1v) is 2.89. The molecule has 1 aromatic carbocycles. The van der Waals surface area contributed by atoms with E-state index in [1.165, 1.54) is 16.2 Å². The van der Waals surface area contributed by atoms with Crippen LogP contribution in [0.1, 0.15) is 0 Å². The van der Waals surface area contributed by atoms with Crippen LogP contribution in [0.4, 0.5) is 0 Å². The molecule has 4 aromatic rings. The van der Waals surface area contributed by atoms with E-state index in [1.807, 2.05) is 0 Å². The van der Waals surface area contributed by atoms with Crippen LogP contribution in [0, 0.1) is 0 Å². The van der Waals surface area contributed by atoms with Crippen molar-refractivity contribution in [2.24, 2.45) is 0 Å². The maximum absolute atomic E-state index is 4.19. The molecule has 3 nitrogen and oxygen atoms in total. The third-order valence-electron chi connectivity index (χ3n) is 2.06. The molecule has 0 aliphatic carbocycles. The van der Waals surface area contributed by atoms with Gasteiger partial charge in [0.15, 0.2) is 5.65 Å². The highest BCUT2D eigenvalue weighted by Crippen LogP contribution is 2.48. The molecule has 0 saturated heterocycles. The number of aromatic amines is 1. The molecule has 0 atom stereocenters. The van der Waals surface area contributed by atoms with Gasteiger partial charge in [-0.25, -0.2) is 9.97 Å². The fraction of sp³-hybridized carbons (Fsp3) is 0. The van der Waals surface area contributed by atoms with Gasteiger partial charge in [-0.2, -0.15) is 0 Å². The van der Waals surface area contributed by atoms with Crippen LogP contribution in [-0.2, 0) is 0 Å². The molecule has 0 aliphatic rings. The summed E-state index contributed by atoms with van der Waals surface area (Å²) in [6.45, 7) is 0. The highest BCUT2D eigenvalue weighted by Gasteiger charge is 2.29. The van der Waals surface area contributed by atoms with Gasteiger partial charge in [0.25, 0.3) is 0 Å². The van der Waals surface area contributed by atoms with Gasteiger partial charge in [-0.15, -0.1) is 0 Å². The van der Waals surface area contributed by atoms with E-state index < -0.39 is 0 Å². The van der Waals surface area contributed by atoms with Crippen molar-refractivity contribution in [1.29, 1.82) is 0 Å². The minimum atomic E-state index is 0.948. The highest BCUT2D eigenvalue weighted by molar-refractivity contribution is 6.44. The Morgan fingerprint density at radius 3 is 1.89 bits per heavy atom. The van der Waals surface area contributed by atoms with Crippen molar-refractivity contribution in [1.82, 2.24) is 15.0 Å². The van der Waals surface area contributed by atoms with E-state index in [0.29, 0.717) is 0 Å². The van der Waals surface area contributed by atoms with E-state index >= 15 is 0 Å². The van der Waals surface area contributed by atoms with Gasteiger partial charge in [0.05, 0.1) is 0 Å². The van der Waals surface area contributed by atoms with Crippen molar-refractivity contribution in [3.05, 3.63) is 0 Å². The topological polar surface area (TPSA) is 41.6 Å². The smallest absolute Gasteiger partial charge is 0.165 e. The van der Waals surface area contributed by atoms with Crippen LogP contribution < -0.4 is 0 Å². The first kappa shape index (κ1) is 2.96. The van der Waals surface area contributed by atoms with Crippen molar-refractivity contribution in [2.45, 2.75) is 0 Å². The van der Waals surface area contributed by atoms with Gasteiger partial charge in [0.2, 0.25) is 0 Å². The molecular weight excluding hydrogens is 114 g/mol. The lowest BCUT2D eigenvalue weighted by Gasteiger charge is -1.78. The van der Waals surface area contributed by atoms with Gasteiger partial charge in [-0.3, -0.25) is 0 Å². The Labute approximate surface area is 49.0 Å². The zero-order chi connectivity index (χ0) is 5.59. The summed E-state index contributed by atoms with van der Waals surface area (Å²) in [5.74, 6) is 0. The molecule has 9 heavy (non-hydrogen) atoms. The second-order valence-corrected chi connectivity index (χ2v) is 2.49. The number of aromatic nitrogens is 3. The number of hydrogen-bond donors (Lipinski definition) is 1. The number of pyridine rings is 3. The molecule has 0 amide bonds.